The van der Waals surface area contributed by atoms with Crippen molar-refractivity contribution in [1.29, 1.82) is 0 Å². The fraction of sp³-hybridized carbons (Fsp3) is 0.0714. The molecular formula is C14H11BrF2N2O. The maximum absolute atomic E-state index is 13.8. The van der Waals surface area contributed by atoms with Crippen molar-refractivity contribution in [3.05, 3.63) is 57.6 Å². The Kier molecular flexibility index (Phi) is 4.04. The first-order chi connectivity index (χ1) is 9.40. The Morgan fingerprint density at radius 3 is 2.60 bits per heavy atom. The number of carbonyl (C=O) groups is 1. The summed E-state index contributed by atoms with van der Waals surface area (Å²) in [5.74, 6) is -2.67. The third-order valence-corrected chi connectivity index (χ3v) is 3.27. The van der Waals surface area contributed by atoms with Crippen LogP contribution in [-0.2, 0) is 0 Å². The van der Waals surface area contributed by atoms with E-state index in [9.17, 15) is 13.6 Å². The van der Waals surface area contributed by atoms with Gasteiger partial charge in [-0.25, -0.2) is 8.78 Å². The van der Waals surface area contributed by atoms with E-state index in [-0.39, 0.29) is 5.56 Å². The van der Waals surface area contributed by atoms with Gasteiger partial charge in [-0.2, -0.15) is 0 Å². The number of nitrogens with one attached hydrogen (secondary N) is 1. The number of hydrogen-bond donors (Lipinski definition) is 2. The zero-order valence-corrected chi connectivity index (χ0v) is 12.1. The third kappa shape index (κ3) is 2.80. The predicted molar refractivity (Wildman–Crippen MR) is 77.6 cm³/mol. The van der Waals surface area contributed by atoms with Crippen LogP contribution in [0.1, 0.15) is 15.9 Å². The van der Waals surface area contributed by atoms with Gasteiger partial charge >= 0.3 is 0 Å². The van der Waals surface area contributed by atoms with E-state index in [1.807, 2.05) is 0 Å². The van der Waals surface area contributed by atoms with Gasteiger partial charge in [0.1, 0.15) is 17.2 Å². The van der Waals surface area contributed by atoms with Gasteiger partial charge in [0.05, 0.1) is 11.4 Å². The van der Waals surface area contributed by atoms with Crippen molar-refractivity contribution in [2.45, 2.75) is 6.92 Å². The first-order valence-electron chi connectivity index (χ1n) is 5.71. The Morgan fingerprint density at radius 1 is 1.25 bits per heavy atom. The molecule has 0 spiro atoms. The maximum Gasteiger partial charge on any atom is 0.261 e. The van der Waals surface area contributed by atoms with Crippen LogP contribution >= 0.6 is 15.9 Å². The minimum atomic E-state index is -0.915. The van der Waals surface area contributed by atoms with E-state index >= 15 is 0 Å². The van der Waals surface area contributed by atoms with Gasteiger partial charge in [0.2, 0.25) is 0 Å². The number of nitrogens with two attached hydrogens (primary N) is 1. The smallest absolute Gasteiger partial charge is 0.261 e. The third-order valence-electron chi connectivity index (χ3n) is 2.77. The lowest BCUT2D eigenvalue weighted by molar-refractivity contribution is 0.101. The van der Waals surface area contributed by atoms with Crippen molar-refractivity contribution in [1.82, 2.24) is 0 Å². The van der Waals surface area contributed by atoms with Crippen LogP contribution in [0.4, 0.5) is 20.2 Å². The van der Waals surface area contributed by atoms with E-state index in [1.165, 1.54) is 13.0 Å². The Balaban J connectivity index is 2.36. The molecule has 0 aromatic heterocycles. The van der Waals surface area contributed by atoms with Crippen molar-refractivity contribution in [2.24, 2.45) is 0 Å². The van der Waals surface area contributed by atoms with Crippen molar-refractivity contribution >= 4 is 33.2 Å². The number of amides is 1. The molecule has 2 rings (SSSR count). The second kappa shape index (κ2) is 5.58. The van der Waals surface area contributed by atoms with E-state index in [2.05, 4.69) is 21.2 Å². The molecule has 0 atom stereocenters. The van der Waals surface area contributed by atoms with Crippen LogP contribution in [0.25, 0.3) is 0 Å². The molecule has 2 aromatic rings. The fourth-order valence-corrected chi connectivity index (χ4v) is 2.08. The molecule has 3 N–H and O–H groups in total. The number of anilines is 2. The standard InChI is InChI=1S/C14H11BrF2N2O/c1-7-2-4-9(16)12(13(7)17)14(20)19-11-5-3-8(15)6-10(11)18/h2-6H,18H2,1H3,(H,19,20). The average molecular weight is 341 g/mol. The lowest BCUT2D eigenvalue weighted by Gasteiger charge is -2.10. The summed E-state index contributed by atoms with van der Waals surface area (Å²) in [6.07, 6.45) is 0. The molecular weight excluding hydrogens is 330 g/mol. The van der Waals surface area contributed by atoms with Crippen LogP contribution in [0, 0.1) is 18.6 Å². The summed E-state index contributed by atoms with van der Waals surface area (Å²) in [6.45, 7) is 1.46. The number of rotatable bonds is 2. The molecule has 3 nitrogen and oxygen atoms in total. The van der Waals surface area contributed by atoms with Crippen molar-refractivity contribution in [2.75, 3.05) is 11.1 Å². The van der Waals surface area contributed by atoms with E-state index in [0.717, 1.165) is 10.5 Å². The molecule has 1 amide bonds. The van der Waals surface area contributed by atoms with Gasteiger partial charge in [0.25, 0.3) is 5.91 Å². The zero-order chi connectivity index (χ0) is 14.9. The van der Waals surface area contributed by atoms with Gasteiger partial charge in [-0.3, -0.25) is 4.79 Å². The Hall–Kier alpha value is -1.95. The highest BCUT2D eigenvalue weighted by atomic mass is 79.9. The van der Waals surface area contributed by atoms with Crippen LogP contribution in [0.5, 0.6) is 0 Å². The molecule has 0 unspecified atom stereocenters. The van der Waals surface area contributed by atoms with Gasteiger partial charge < -0.3 is 11.1 Å². The van der Waals surface area contributed by atoms with E-state index in [1.54, 1.807) is 18.2 Å². The minimum absolute atomic E-state index is 0.195. The highest BCUT2D eigenvalue weighted by Gasteiger charge is 2.19. The monoisotopic (exact) mass is 340 g/mol. The Bertz CT molecular complexity index is 689. The number of aryl methyl sites for hydroxylation is 1. The molecule has 0 radical (unpaired) electrons. The Morgan fingerprint density at radius 2 is 1.95 bits per heavy atom. The predicted octanol–water partition coefficient (Wildman–Crippen LogP) is 3.87. The average Bonchev–Trinajstić information content (AvgIpc) is 2.38. The van der Waals surface area contributed by atoms with Gasteiger partial charge in [0.15, 0.2) is 0 Å². The summed E-state index contributed by atoms with van der Waals surface area (Å²) in [6, 6.07) is 7.12. The Labute approximate surface area is 122 Å². The molecule has 0 fully saturated rings. The summed E-state index contributed by atoms with van der Waals surface area (Å²) in [4.78, 5) is 12.0. The maximum atomic E-state index is 13.8. The zero-order valence-electron chi connectivity index (χ0n) is 10.5. The molecule has 0 aliphatic rings. The van der Waals surface area contributed by atoms with Crippen LogP contribution in [0.3, 0.4) is 0 Å². The quantitative estimate of drug-likeness (QED) is 0.815. The molecule has 20 heavy (non-hydrogen) atoms. The summed E-state index contributed by atoms with van der Waals surface area (Å²) in [7, 11) is 0. The van der Waals surface area contributed by atoms with Gasteiger partial charge in [0, 0.05) is 4.47 Å². The second-order valence-electron chi connectivity index (χ2n) is 4.24. The van der Waals surface area contributed by atoms with Crippen LogP contribution in [0.15, 0.2) is 34.8 Å². The molecule has 0 saturated heterocycles. The van der Waals surface area contributed by atoms with E-state index < -0.39 is 23.1 Å². The van der Waals surface area contributed by atoms with Crippen molar-refractivity contribution in [3.8, 4) is 0 Å². The molecule has 2 aromatic carbocycles. The summed E-state index contributed by atoms with van der Waals surface area (Å²) in [5.41, 5.74) is 5.88. The van der Waals surface area contributed by atoms with Crippen LogP contribution in [0.2, 0.25) is 0 Å². The molecule has 0 bridgehead atoms. The number of halogens is 3. The normalized spacial score (nSPS) is 10.4. The first kappa shape index (κ1) is 14.5. The molecule has 0 aliphatic carbocycles. The number of carbonyl (C=O) groups excluding carboxylic acids is 1. The topological polar surface area (TPSA) is 55.1 Å². The van der Waals surface area contributed by atoms with Crippen LogP contribution < -0.4 is 11.1 Å². The molecule has 0 saturated carbocycles. The van der Waals surface area contributed by atoms with E-state index in [4.69, 9.17) is 5.73 Å². The molecule has 0 aliphatic heterocycles. The largest absolute Gasteiger partial charge is 0.397 e. The van der Waals surface area contributed by atoms with Crippen molar-refractivity contribution < 1.29 is 13.6 Å². The highest BCUT2D eigenvalue weighted by molar-refractivity contribution is 9.10. The SMILES string of the molecule is Cc1ccc(F)c(C(=O)Nc2ccc(Br)cc2N)c1F. The molecule has 104 valence electrons. The number of benzene rings is 2. The first-order valence-corrected chi connectivity index (χ1v) is 6.50. The molecule has 6 heteroatoms. The summed E-state index contributed by atoms with van der Waals surface area (Å²) >= 11 is 3.23. The number of hydrogen-bond acceptors (Lipinski definition) is 2. The van der Waals surface area contributed by atoms with Gasteiger partial charge in [-0.1, -0.05) is 22.0 Å². The lowest BCUT2D eigenvalue weighted by Crippen LogP contribution is -2.17. The highest BCUT2D eigenvalue weighted by Crippen LogP contribution is 2.24. The van der Waals surface area contributed by atoms with Gasteiger partial charge in [-0.15, -0.1) is 0 Å². The van der Waals surface area contributed by atoms with Gasteiger partial charge in [-0.05, 0) is 36.8 Å². The summed E-state index contributed by atoms with van der Waals surface area (Å²) < 4.78 is 28.2. The lowest BCUT2D eigenvalue weighted by atomic mass is 10.1. The minimum Gasteiger partial charge on any atom is -0.397 e. The number of nitrogen functional groups attached to an aromatic ring is 1. The van der Waals surface area contributed by atoms with Crippen molar-refractivity contribution in [3.63, 3.8) is 0 Å². The van der Waals surface area contributed by atoms with E-state index in [0.29, 0.717) is 11.4 Å². The summed E-state index contributed by atoms with van der Waals surface area (Å²) in [5, 5.41) is 2.40. The second-order valence-corrected chi connectivity index (χ2v) is 5.15. The van der Waals surface area contributed by atoms with Crippen LogP contribution in [-0.4, -0.2) is 5.91 Å². The molecule has 0 heterocycles. The fourth-order valence-electron chi connectivity index (χ4n) is 1.70.